The second-order valence-electron chi connectivity index (χ2n) is 6.62. The van der Waals surface area contributed by atoms with Crippen LogP contribution in [0.4, 0.5) is 0 Å². The third kappa shape index (κ3) is 3.95. The molecule has 0 amide bonds. The lowest BCUT2D eigenvalue weighted by molar-refractivity contribution is 0.114. The van der Waals surface area contributed by atoms with Gasteiger partial charge in [0.1, 0.15) is 0 Å². The summed E-state index contributed by atoms with van der Waals surface area (Å²) >= 11 is 0. The molecule has 4 nitrogen and oxygen atoms in total. The van der Waals surface area contributed by atoms with Gasteiger partial charge in [-0.2, -0.15) is 4.31 Å². The van der Waals surface area contributed by atoms with Crippen LogP contribution in [0.5, 0.6) is 0 Å². The predicted molar refractivity (Wildman–Crippen MR) is 85.0 cm³/mol. The fourth-order valence-corrected chi connectivity index (χ4v) is 5.78. The Bertz CT molecular complexity index is 385. The van der Waals surface area contributed by atoms with Crippen LogP contribution in [0.3, 0.4) is 0 Å². The highest BCUT2D eigenvalue weighted by molar-refractivity contribution is 7.89. The fourth-order valence-electron chi connectivity index (χ4n) is 3.52. The molecule has 20 heavy (non-hydrogen) atoms. The highest BCUT2D eigenvalue weighted by Crippen LogP contribution is 2.38. The number of sulfonamides is 1. The molecule has 0 aromatic carbocycles. The van der Waals surface area contributed by atoms with E-state index in [0.717, 1.165) is 31.6 Å². The minimum Gasteiger partial charge on any atom is -0.329 e. The average Bonchev–Trinajstić information content (AvgIpc) is 2.38. The van der Waals surface area contributed by atoms with E-state index in [4.69, 9.17) is 5.73 Å². The molecule has 0 aromatic heterocycles. The predicted octanol–water partition coefficient (Wildman–Crippen LogP) is 2.59. The second-order valence-corrected chi connectivity index (χ2v) is 8.56. The molecule has 5 heteroatoms. The van der Waals surface area contributed by atoms with Crippen LogP contribution in [0, 0.1) is 11.8 Å². The number of likely N-dealkylation sites (N-methyl/N-ethyl adjacent to an activating group) is 1. The number of hydrogen-bond acceptors (Lipinski definition) is 3. The molecule has 0 saturated heterocycles. The minimum atomic E-state index is -3.21. The molecular formula is C15H32N2O2S. The van der Waals surface area contributed by atoms with Crippen molar-refractivity contribution in [2.24, 2.45) is 17.6 Å². The molecule has 0 unspecified atom stereocenters. The highest BCUT2D eigenvalue weighted by Gasteiger charge is 2.43. The number of nitrogens with zero attached hydrogens (tertiary/aromatic N) is 1. The van der Waals surface area contributed by atoms with E-state index in [9.17, 15) is 8.42 Å². The van der Waals surface area contributed by atoms with Crippen LogP contribution >= 0.6 is 0 Å². The van der Waals surface area contributed by atoms with Crippen molar-refractivity contribution in [3.8, 4) is 0 Å². The van der Waals surface area contributed by atoms with Gasteiger partial charge in [0.2, 0.25) is 10.0 Å². The molecule has 0 aliphatic heterocycles. The van der Waals surface area contributed by atoms with Crippen LogP contribution in [0.25, 0.3) is 0 Å². The first-order chi connectivity index (χ1) is 9.31. The molecule has 2 N–H and O–H groups in total. The summed E-state index contributed by atoms with van der Waals surface area (Å²) in [5, 5.41) is 0. The Morgan fingerprint density at radius 3 is 2.15 bits per heavy atom. The van der Waals surface area contributed by atoms with Crippen LogP contribution in [0.1, 0.15) is 59.8 Å². The summed E-state index contributed by atoms with van der Waals surface area (Å²) in [6.45, 7) is 9.02. The molecule has 0 bridgehead atoms. The molecule has 0 aromatic rings. The molecule has 1 fully saturated rings. The highest BCUT2D eigenvalue weighted by atomic mass is 32.2. The third-order valence-electron chi connectivity index (χ3n) is 4.69. The Kier molecular flexibility index (Phi) is 6.48. The number of hydrogen-bond donors (Lipinski definition) is 1. The van der Waals surface area contributed by atoms with Gasteiger partial charge in [0.15, 0.2) is 0 Å². The Hall–Kier alpha value is -0.130. The first kappa shape index (κ1) is 17.9. The average molecular weight is 305 g/mol. The molecule has 0 atom stereocenters. The zero-order valence-corrected chi connectivity index (χ0v) is 14.4. The number of rotatable bonds is 7. The fraction of sp³-hybridized carbons (Fsp3) is 1.00. The number of nitrogens with two attached hydrogens (primary N) is 1. The second kappa shape index (κ2) is 7.23. The molecule has 0 heterocycles. The van der Waals surface area contributed by atoms with Crippen molar-refractivity contribution in [2.45, 2.75) is 65.3 Å². The quantitative estimate of drug-likeness (QED) is 0.786. The largest absolute Gasteiger partial charge is 0.329 e. The Labute approximate surface area is 125 Å². The van der Waals surface area contributed by atoms with Crippen LogP contribution in [0.2, 0.25) is 0 Å². The van der Waals surface area contributed by atoms with E-state index in [1.807, 2.05) is 20.8 Å². The molecule has 0 spiro atoms. The van der Waals surface area contributed by atoms with Crippen molar-refractivity contribution in [1.82, 2.24) is 4.31 Å². The summed E-state index contributed by atoms with van der Waals surface area (Å²) in [6.07, 6.45) is 5.20. The van der Waals surface area contributed by atoms with E-state index in [1.54, 1.807) is 4.31 Å². The first-order valence-corrected chi connectivity index (χ1v) is 9.62. The lowest BCUT2D eigenvalue weighted by atomic mass is 9.75. The zero-order valence-electron chi connectivity index (χ0n) is 13.6. The lowest BCUT2D eigenvalue weighted by Gasteiger charge is -2.46. The summed E-state index contributed by atoms with van der Waals surface area (Å²) in [6, 6.07) is 0. The third-order valence-corrected chi connectivity index (χ3v) is 7.09. The normalized spacial score (nSPS) is 28.2. The molecule has 1 rings (SSSR count). The molecular weight excluding hydrogens is 272 g/mol. The maximum Gasteiger partial charge on any atom is 0.214 e. The van der Waals surface area contributed by atoms with Gasteiger partial charge in [-0.1, -0.05) is 34.1 Å². The standard InChI is InChI=1S/C15H32N2O2S/c1-5-14-7-9-15(12-16,10-8-14)17(6-2)20(18,19)11-13(3)4/h13-14H,5-12,16H2,1-4H3. The SMILES string of the molecule is CCC1CCC(CN)(N(CC)S(=O)(=O)CC(C)C)CC1. The Balaban J connectivity index is 2.96. The van der Waals surface area contributed by atoms with Crippen LogP contribution in [-0.2, 0) is 10.0 Å². The van der Waals surface area contributed by atoms with Gasteiger partial charge in [-0.25, -0.2) is 8.42 Å². The smallest absolute Gasteiger partial charge is 0.214 e. The Morgan fingerprint density at radius 1 is 1.25 bits per heavy atom. The van der Waals surface area contributed by atoms with Crippen molar-refractivity contribution in [3.05, 3.63) is 0 Å². The summed E-state index contributed by atoms with van der Waals surface area (Å²) in [5.74, 6) is 1.11. The van der Waals surface area contributed by atoms with Gasteiger partial charge in [-0.3, -0.25) is 0 Å². The minimum absolute atomic E-state index is 0.149. The van der Waals surface area contributed by atoms with Gasteiger partial charge in [0.25, 0.3) is 0 Å². The maximum absolute atomic E-state index is 12.7. The monoisotopic (exact) mass is 304 g/mol. The van der Waals surface area contributed by atoms with Crippen molar-refractivity contribution in [1.29, 1.82) is 0 Å². The zero-order chi connectivity index (χ0) is 15.4. The molecule has 0 radical (unpaired) electrons. The van der Waals surface area contributed by atoms with E-state index < -0.39 is 10.0 Å². The van der Waals surface area contributed by atoms with Crippen LogP contribution in [-0.4, -0.2) is 37.1 Å². The van der Waals surface area contributed by atoms with Gasteiger partial charge < -0.3 is 5.73 Å². The molecule has 120 valence electrons. The van der Waals surface area contributed by atoms with Crippen molar-refractivity contribution >= 4 is 10.0 Å². The summed E-state index contributed by atoms with van der Waals surface area (Å²) in [7, 11) is -3.21. The first-order valence-electron chi connectivity index (χ1n) is 8.02. The van der Waals surface area contributed by atoms with Gasteiger partial charge in [0.05, 0.1) is 5.75 Å². The van der Waals surface area contributed by atoms with Gasteiger partial charge >= 0.3 is 0 Å². The van der Waals surface area contributed by atoms with Gasteiger partial charge in [-0.05, 0) is 37.5 Å². The van der Waals surface area contributed by atoms with E-state index in [0.29, 0.717) is 13.1 Å². The molecule has 1 aliphatic rings. The van der Waals surface area contributed by atoms with Crippen LogP contribution in [0.15, 0.2) is 0 Å². The maximum atomic E-state index is 12.7. The van der Waals surface area contributed by atoms with E-state index in [1.165, 1.54) is 6.42 Å². The Morgan fingerprint density at radius 2 is 1.80 bits per heavy atom. The van der Waals surface area contributed by atoms with E-state index >= 15 is 0 Å². The molecule has 1 aliphatic carbocycles. The topological polar surface area (TPSA) is 63.4 Å². The summed E-state index contributed by atoms with van der Waals surface area (Å²) < 4.78 is 27.0. The van der Waals surface area contributed by atoms with Gasteiger partial charge in [-0.15, -0.1) is 0 Å². The van der Waals surface area contributed by atoms with Gasteiger partial charge in [0, 0.05) is 18.6 Å². The van der Waals surface area contributed by atoms with E-state index in [-0.39, 0.29) is 17.2 Å². The van der Waals surface area contributed by atoms with Crippen molar-refractivity contribution in [2.75, 3.05) is 18.8 Å². The summed E-state index contributed by atoms with van der Waals surface area (Å²) in [4.78, 5) is 0. The molecule has 1 saturated carbocycles. The van der Waals surface area contributed by atoms with Crippen molar-refractivity contribution < 1.29 is 8.42 Å². The lowest BCUT2D eigenvalue weighted by Crippen LogP contribution is -2.58. The van der Waals surface area contributed by atoms with Crippen molar-refractivity contribution in [3.63, 3.8) is 0 Å². The van der Waals surface area contributed by atoms with E-state index in [2.05, 4.69) is 6.92 Å². The van der Waals surface area contributed by atoms with Crippen LogP contribution < -0.4 is 5.73 Å². The summed E-state index contributed by atoms with van der Waals surface area (Å²) in [5.41, 5.74) is 5.68.